The van der Waals surface area contributed by atoms with E-state index in [4.69, 9.17) is 14.2 Å². The van der Waals surface area contributed by atoms with Gasteiger partial charge in [-0.25, -0.2) is 9.18 Å². The first-order valence-corrected chi connectivity index (χ1v) is 10.5. The Labute approximate surface area is 187 Å². The van der Waals surface area contributed by atoms with E-state index in [9.17, 15) is 9.18 Å². The van der Waals surface area contributed by atoms with Crippen LogP contribution in [0, 0.1) is 5.82 Å². The number of esters is 1. The number of methoxy groups -OCH3 is 2. The van der Waals surface area contributed by atoms with Gasteiger partial charge < -0.3 is 14.2 Å². The zero-order chi connectivity index (χ0) is 22.7. The number of halogens is 1. The fourth-order valence-electron chi connectivity index (χ4n) is 3.90. The minimum absolute atomic E-state index is 0.0909. The molecule has 0 N–H and O–H groups in total. The van der Waals surface area contributed by atoms with E-state index >= 15 is 0 Å². The van der Waals surface area contributed by atoms with Crippen molar-refractivity contribution in [3.63, 3.8) is 0 Å². The summed E-state index contributed by atoms with van der Waals surface area (Å²) in [5.41, 5.74) is 5.20. The molecular formula is C27H25FO4. The molecule has 1 aliphatic heterocycles. The Kier molecular flexibility index (Phi) is 6.26. The zero-order valence-electron chi connectivity index (χ0n) is 18.4. The van der Waals surface area contributed by atoms with E-state index in [2.05, 4.69) is 0 Å². The van der Waals surface area contributed by atoms with Crippen molar-refractivity contribution in [3.8, 4) is 22.6 Å². The van der Waals surface area contributed by atoms with Gasteiger partial charge in [0.2, 0.25) is 0 Å². The molecule has 0 amide bonds. The minimum atomic E-state index is -0.383. The molecule has 3 aromatic carbocycles. The second-order valence-corrected chi connectivity index (χ2v) is 7.79. The Bertz CT molecular complexity index is 1160. The molecule has 164 valence electrons. The minimum Gasteiger partial charge on any atom is -0.497 e. The first-order valence-electron chi connectivity index (χ1n) is 10.5. The molecule has 1 atom stereocenters. The van der Waals surface area contributed by atoms with E-state index in [1.54, 1.807) is 19.2 Å². The lowest BCUT2D eigenvalue weighted by atomic mass is 9.94. The van der Waals surface area contributed by atoms with Gasteiger partial charge in [-0.05, 0) is 71.9 Å². The van der Waals surface area contributed by atoms with Crippen molar-refractivity contribution in [1.82, 2.24) is 0 Å². The summed E-state index contributed by atoms with van der Waals surface area (Å²) in [6.07, 6.45) is 3.13. The first kappa shape index (κ1) is 21.6. The molecular weight excluding hydrogens is 407 g/mol. The molecule has 3 aromatic rings. The average Bonchev–Trinajstić information content (AvgIpc) is 2.83. The van der Waals surface area contributed by atoms with Gasteiger partial charge in [0.05, 0.1) is 14.2 Å². The van der Waals surface area contributed by atoms with Crippen LogP contribution in [-0.4, -0.2) is 20.2 Å². The van der Waals surface area contributed by atoms with Crippen LogP contribution >= 0.6 is 0 Å². The van der Waals surface area contributed by atoms with Gasteiger partial charge >= 0.3 is 5.97 Å². The smallest absolute Gasteiger partial charge is 0.330 e. The number of aryl methyl sites for hydroxylation is 1. The number of benzene rings is 3. The summed E-state index contributed by atoms with van der Waals surface area (Å²) in [6.45, 7) is 1.87. The predicted octanol–water partition coefficient (Wildman–Crippen LogP) is 6.14. The van der Waals surface area contributed by atoms with Gasteiger partial charge in [0, 0.05) is 11.6 Å². The first-order chi connectivity index (χ1) is 15.5. The fraction of sp³-hybridized carbons (Fsp3) is 0.222. The molecule has 4 nitrogen and oxygen atoms in total. The van der Waals surface area contributed by atoms with Crippen molar-refractivity contribution in [2.75, 3.05) is 14.2 Å². The molecule has 1 unspecified atom stereocenters. The van der Waals surface area contributed by atoms with Gasteiger partial charge in [-0.2, -0.15) is 0 Å². The molecule has 0 bridgehead atoms. The lowest BCUT2D eigenvalue weighted by molar-refractivity contribution is -0.134. The van der Waals surface area contributed by atoms with Crippen LogP contribution in [0.2, 0.25) is 0 Å². The van der Waals surface area contributed by atoms with Crippen LogP contribution in [0.25, 0.3) is 16.7 Å². The molecule has 0 saturated heterocycles. The van der Waals surface area contributed by atoms with Crippen molar-refractivity contribution in [2.45, 2.75) is 25.9 Å². The fourth-order valence-corrected chi connectivity index (χ4v) is 3.90. The zero-order valence-corrected chi connectivity index (χ0v) is 18.4. The summed E-state index contributed by atoms with van der Waals surface area (Å²) in [5.74, 6) is 0.764. The van der Waals surface area contributed by atoms with E-state index in [1.165, 1.54) is 19.3 Å². The highest BCUT2D eigenvalue weighted by atomic mass is 19.1. The molecule has 32 heavy (non-hydrogen) atoms. The molecule has 0 saturated carbocycles. The molecule has 4 rings (SSSR count). The number of hydrogen-bond acceptors (Lipinski definition) is 4. The van der Waals surface area contributed by atoms with Gasteiger partial charge in [-0.15, -0.1) is 0 Å². The van der Waals surface area contributed by atoms with Gasteiger partial charge in [-0.1, -0.05) is 36.4 Å². The number of fused-ring (bicyclic) bond motifs is 1. The molecule has 0 aromatic heterocycles. The quantitative estimate of drug-likeness (QED) is 0.359. The third-order valence-electron chi connectivity index (χ3n) is 5.77. The van der Waals surface area contributed by atoms with Crippen molar-refractivity contribution in [2.24, 2.45) is 0 Å². The Balaban J connectivity index is 1.55. The Hall–Kier alpha value is -3.60. The van der Waals surface area contributed by atoms with Gasteiger partial charge in [0.25, 0.3) is 0 Å². The Morgan fingerprint density at radius 1 is 1.06 bits per heavy atom. The average molecular weight is 432 g/mol. The molecule has 0 radical (unpaired) electrons. The summed E-state index contributed by atoms with van der Waals surface area (Å²) < 4.78 is 30.5. The lowest BCUT2D eigenvalue weighted by Crippen LogP contribution is -2.15. The van der Waals surface area contributed by atoms with E-state index in [0.29, 0.717) is 11.3 Å². The second kappa shape index (κ2) is 9.27. The Morgan fingerprint density at radius 2 is 1.84 bits per heavy atom. The van der Waals surface area contributed by atoms with Crippen molar-refractivity contribution < 1.29 is 23.4 Å². The van der Waals surface area contributed by atoms with Crippen LogP contribution in [-0.2, 0) is 16.0 Å². The maximum absolute atomic E-state index is 14.3. The highest BCUT2D eigenvalue weighted by molar-refractivity contribution is 5.91. The van der Waals surface area contributed by atoms with Crippen LogP contribution < -0.4 is 9.47 Å². The third kappa shape index (κ3) is 4.52. The molecule has 0 fully saturated rings. The van der Waals surface area contributed by atoms with Crippen LogP contribution in [0.3, 0.4) is 0 Å². The Morgan fingerprint density at radius 3 is 2.56 bits per heavy atom. The van der Waals surface area contributed by atoms with Crippen molar-refractivity contribution in [1.29, 1.82) is 0 Å². The molecule has 1 aliphatic rings. The van der Waals surface area contributed by atoms with Gasteiger partial charge in [0.1, 0.15) is 23.4 Å². The highest BCUT2D eigenvalue weighted by Gasteiger charge is 2.22. The van der Waals surface area contributed by atoms with Gasteiger partial charge in [-0.3, -0.25) is 0 Å². The van der Waals surface area contributed by atoms with Crippen molar-refractivity contribution in [3.05, 3.63) is 89.2 Å². The lowest BCUT2D eigenvalue weighted by Gasteiger charge is -2.27. The van der Waals surface area contributed by atoms with Crippen molar-refractivity contribution >= 4 is 11.5 Å². The number of carbonyl (C=O) groups excluding carboxylic acids is 1. The monoisotopic (exact) mass is 432 g/mol. The standard InChI is InChI=1S/C27H25FO4/c1-17(14-27(29)31-3)21-9-8-20-10-13-25(32-26(20)15-21)19-6-4-18(5-7-19)23-16-22(30-2)11-12-24(23)28/h4-9,11-12,14-16,25H,10,13H2,1-3H3/b17-14+. The van der Waals surface area contributed by atoms with Gasteiger partial charge in [0.15, 0.2) is 0 Å². The number of ether oxygens (including phenoxy) is 3. The number of rotatable bonds is 5. The predicted molar refractivity (Wildman–Crippen MR) is 122 cm³/mol. The van der Waals surface area contributed by atoms with Crippen LogP contribution in [0.1, 0.15) is 36.1 Å². The van der Waals surface area contributed by atoms with E-state index in [1.807, 2.05) is 49.4 Å². The largest absolute Gasteiger partial charge is 0.497 e. The summed E-state index contributed by atoms with van der Waals surface area (Å²) >= 11 is 0. The molecule has 0 spiro atoms. The number of hydrogen-bond donors (Lipinski definition) is 0. The maximum atomic E-state index is 14.3. The normalized spacial score (nSPS) is 15.5. The van der Waals surface area contributed by atoms with Crippen LogP contribution in [0.15, 0.2) is 66.7 Å². The summed E-state index contributed by atoms with van der Waals surface area (Å²) in [5, 5.41) is 0. The number of allylic oxidation sites excluding steroid dienone is 1. The van der Waals surface area contributed by atoms with E-state index < -0.39 is 0 Å². The molecule has 1 heterocycles. The van der Waals surface area contributed by atoms with E-state index in [-0.39, 0.29) is 17.9 Å². The highest BCUT2D eigenvalue weighted by Crippen LogP contribution is 2.37. The maximum Gasteiger partial charge on any atom is 0.330 e. The topological polar surface area (TPSA) is 44.8 Å². The second-order valence-electron chi connectivity index (χ2n) is 7.79. The van der Waals surface area contributed by atoms with E-state index in [0.717, 1.165) is 46.4 Å². The summed E-state index contributed by atoms with van der Waals surface area (Å²) in [7, 11) is 2.93. The summed E-state index contributed by atoms with van der Waals surface area (Å²) in [6, 6.07) is 18.5. The summed E-state index contributed by atoms with van der Waals surface area (Å²) in [4.78, 5) is 11.5. The molecule has 5 heteroatoms. The van der Waals surface area contributed by atoms with Crippen LogP contribution in [0.5, 0.6) is 11.5 Å². The third-order valence-corrected chi connectivity index (χ3v) is 5.77. The molecule has 0 aliphatic carbocycles. The SMILES string of the molecule is COC(=O)/C=C(\C)c1ccc2c(c1)OC(c1ccc(-c3cc(OC)ccc3F)cc1)CC2. The van der Waals surface area contributed by atoms with Crippen LogP contribution in [0.4, 0.5) is 4.39 Å². The number of carbonyl (C=O) groups is 1.